The molecule has 1 heterocycles. The maximum atomic E-state index is 10.9. The second-order valence-corrected chi connectivity index (χ2v) is 4.26. The van der Waals surface area contributed by atoms with Crippen molar-refractivity contribution in [3.8, 4) is 5.69 Å². The van der Waals surface area contributed by atoms with E-state index in [9.17, 15) is 4.79 Å². The highest BCUT2D eigenvalue weighted by Gasteiger charge is 2.07. The molecule has 3 nitrogen and oxygen atoms in total. The molecule has 3 rings (SSSR count). The number of carbonyl (C=O) groups is 1. The van der Waals surface area contributed by atoms with Crippen LogP contribution in [0.15, 0.2) is 48.7 Å². The summed E-state index contributed by atoms with van der Waals surface area (Å²) in [6.07, 6.45) is 2.67. The van der Waals surface area contributed by atoms with Crippen LogP contribution in [0.2, 0.25) is 0 Å². The number of aromatic nitrogens is 2. The Hall–Kier alpha value is -2.42. The Labute approximate surface area is 105 Å². The van der Waals surface area contributed by atoms with Gasteiger partial charge in [-0.3, -0.25) is 4.79 Å². The van der Waals surface area contributed by atoms with Crippen molar-refractivity contribution >= 4 is 17.1 Å². The first-order valence-electron chi connectivity index (χ1n) is 5.79. The molecule has 0 aliphatic carbocycles. The molecule has 2 aromatic carbocycles. The molecule has 88 valence electrons. The van der Waals surface area contributed by atoms with Crippen LogP contribution in [-0.2, 0) is 0 Å². The molecule has 0 N–H and O–H groups in total. The highest BCUT2D eigenvalue weighted by molar-refractivity contribution is 5.90. The van der Waals surface area contributed by atoms with Crippen molar-refractivity contribution in [2.45, 2.75) is 6.92 Å². The van der Waals surface area contributed by atoms with E-state index in [2.05, 4.69) is 23.3 Å². The van der Waals surface area contributed by atoms with E-state index >= 15 is 0 Å². The van der Waals surface area contributed by atoms with E-state index in [-0.39, 0.29) is 0 Å². The standard InChI is InChI=1S/C15H12N2O/c1-11-9-17(16-14(11)10-18)15-8-4-6-12-5-2-3-7-13(12)15/h2-10H,1H3. The Kier molecular flexibility index (Phi) is 2.45. The predicted molar refractivity (Wildman–Crippen MR) is 71.2 cm³/mol. The van der Waals surface area contributed by atoms with Crippen LogP contribution < -0.4 is 0 Å². The summed E-state index contributed by atoms with van der Waals surface area (Å²) < 4.78 is 1.77. The molecule has 0 spiro atoms. The Bertz CT molecular complexity index is 723. The van der Waals surface area contributed by atoms with E-state index in [0.717, 1.165) is 28.3 Å². The van der Waals surface area contributed by atoms with Crippen LogP contribution in [0.25, 0.3) is 16.5 Å². The first-order valence-corrected chi connectivity index (χ1v) is 5.79. The lowest BCUT2D eigenvalue weighted by molar-refractivity contribution is 0.111. The molecular weight excluding hydrogens is 224 g/mol. The number of aryl methyl sites for hydroxylation is 1. The minimum absolute atomic E-state index is 0.489. The fourth-order valence-corrected chi connectivity index (χ4v) is 2.12. The number of benzene rings is 2. The van der Waals surface area contributed by atoms with Gasteiger partial charge in [0.05, 0.1) is 5.69 Å². The lowest BCUT2D eigenvalue weighted by Gasteiger charge is -2.05. The zero-order valence-corrected chi connectivity index (χ0v) is 10.00. The summed E-state index contributed by atoms with van der Waals surface area (Å²) in [6, 6.07) is 14.2. The molecule has 0 amide bonds. The van der Waals surface area contributed by atoms with Crippen molar-refractivity contribution in [2.75, 3.05) is 0 Å². The zero-order valence-electron chi connectivity index (χ0n) is 10.00. The van der Waals surface area contributed by atoms with Gasteiger partial charge < -0.3 is 0 Å². The Morgan fingerprint density at radius 1 is 1.11 bits per heavy atom. The van der Waals surface area contributed by atoms with Gasteiger partial charge in [0.25, 0.3) is 0 Å². The van der Waals surface area contributed by atoms with Gasteiger partial charge >= 0.3 is 0 Å². The van der Waals surface area contributed by atoms with Crippen LogP contribution >= 0.6 is 0 Å². The van der Waals surface area contributed by atoms with Gasteiger partial charge in [0, 0.05) is 11.6 Å². The normalized spacial score (nSPS) is 10.7. The van der Waals surface area contributed by atoms with E-state index in [1.807, 2.05) is 37.4 Å². The maximum absolute atomic E-state index is 10.9. The molecule has 0 radical (unpaired) electrons. The Balaban J connectivity index is 2.27. The number of hydrogen-bond donors (Lipinski definition) is 0. The van der Waals surface area contributed by atoms with Gasteiger partial charge in [0.1, 0.15) is 5.69 Å². The summed E-state index contributed by atoms with van der Waals surface area (Å²) in [7, 11) is 0. The fraction of sp³-hybridized carbons (Fsp3) is 0.0667. The van der Waals surface area contributed by atoms with Gasteiger partial charge in [-0.1, -0.05) is 36.4 Å². The van der Waals surface area contributed by atoms with Crippen LogP contribution in [0.3, 0.4) is 0 Å². The van der Waals surface area contributed by atoms with Gasteiger partial charge in [-0.15, -0.1) is 0 Å². The molecule has 0 bridgehead atoms. The summed E-state index contributed by atoms with van der Waals surface area (Å²) in [5.74, 6) is 0. The number of hydrogen-bond acceptors (Lipinski definition) is 2. The molecule has 0 unspecified atom stereocenters. The molecule has 0 fully saturated rings. The van der Waals surface area contributed by atoms with Gasteiger partial charge in [-0.05, 0) is 23.9 Å². The van der Waals surface area contributed by atoms with Crippen LogP contribution in [0, 0.1) is 6.92 Å². The highest BCUT2D eigenvalue weighted by Crippen LogP contribution is 2.22. The van der Waals surface area contributed by atoms with Crippen LogP contribution in [-0.4, -0.2) is 16.1 Å². The van der Waals surface area contributed by atoms with Crippen molar-refractivity contribution in [1.82, 2.24) is 9.78 Å². The molecular formula is C15H12N2O. The monoisotopic (exact) mass is 236 g/mol. The lowest BCUT2D eigenvalue weighted by atomic mass is 10.1. The summed E-state index contributed by atoms with van der Waals surface area (Å²) in [5.41, 5.74) is 2.37. The quantitative estimate of drug-likeness (QED) is 0.641. The predicted octanol–water partition coefficient (Wildman–Crippen LogP) is 3.15. The molecule has 0 saturated carbocycles. The average molecular weight is 236 g/mol. The summed E-state index contributed by atoms with van der Waals surface area (Å²) in [5, 5.41) is 6.58. The third kappa shape index (κ3) is 1.61. The largest absolute Gasteiger partial charge is 0.296 e. The lowest BCUT2D eigenvalue weighted by Crippen LogP contribution is -1.96. The second-order valence-electron chi connectivity index (χ2n) is 4.26. The van der Waals surface area contributed by atoms with Gasteiger partial charge in [0.2, 0.25) is 0 Å². The van der Waals surface area contributed by atoms with E-state index in [1.165, 1.54) is 0 Å². The van der Waals surface area contributed by atoms with E-state index in [0.29, 0.717) is 5.69 Å². The number of aldehydes is 1. The molecule has 0 saturated heterocycles. The average Bonchev–Trinajstić information content (AvgIpc) is 2.79. The third-order valence-corrected chi connectivity index (χ3v) is 3.06. The fourth-order valence-electron chi connectivity index (χ4n) is 2.12. The minimum atomic E-state index is 0.489. The van der Waals surface area contributed by atoms with E-state index in [1.54, 1.807) is 4.68 Å². The smallest absolute Gasteiger partial charge is 0.170 e. The molecule has 3 heteroatoms. The SMILES string of the molecule is Cc1cn(-c2cccc3ccccc23)nc1C=O. The van der Waals surface area contributed by atoms with Crippen molar-refractivity contribution in [3.05, 3.63) is 59.9 Å². The highest BCUT2D eigenvalue weighted by atomic mass is 16.1. The summed E-state index contributed by atoms with van der Waals surface area (Å²) >= 11 is 0. The Morgan fingerprint density at radius 3 is 2.67 bits per heavy atom. The number of rotatable bonds is 2. The molecule has 18 heavy (non-hydrogen) atoms. The summed E-state index contributed by atoms with van der Waals surface area (Å²) in [4.78, 5) is 10.9. The van der Waals surface area contributed by atoms with Crippen LogP contribution in [0.1, 0.15) is 16.1 Å². The first-order chi connectivity index (χ1) is 8.79. The van der Waals surface area contributed by atoms with Crippen molar-refractivity contribution < 1.29 is 4.79 Å². The van der Waals surface area contributed by atoms with Crippen molar-refractivity contribution in [3.63, 3.8) is 0 Å². The maximum Gasteiger partial charge on any atom is 0.170 e. The topological polar surface area (TPSA) is 34.9 Å². The summed E-state index contributed by atoms with van der Waals surface area (Å²) in [6.45, 7) is 1.89. The van der Waals surface area contributed by atoms with Crippen molar-refractivity contribution in [1.29, 1.82) is 0 Å². The van der Waals surface area contributed by atoms with Gasteiger partial charge in [0.15, 0.2) is 6.29 Å². The van der Waals surface area contributed by atoms with Crippen LogP contribution in [0.5, 0.6) is 0 Å². The molecule has 1 aromatic heterocycles. The van der Waals surface area contributed by atoms with Gasteiger partial charge in [-0.25, -0.2) is 4.68 Å². The molecule has 0 atom stereocenters. The number of nitrogens with zero attached hydrogens (tertiary/aromatic N) is 2. The van der Waals surface area contributed by atoms with E-state index < -0.39 is 0 Å². The van der Waals surface area contributed by atoms with Crippen molar-refractivity contribution in [2.24, 2.45) is 0 Å². The number of fused-ring (bicyclic) bond motifs is 1. The Morgan fingerprint density at radius 2 is 1.89 bits per heavy atom. The van der Waals surface area contributed by atoms with Crippen LogP contribution in [0.4, 0.5) is 0 Å². The molecule has 3 aromatic rings. The molecule has 0 aliphatic rings. The number of carbonyl (C=O) groups excluding carboxylic acids is 1. The minimum Gasteiger partial charge on any atom is -0.296 e. The third-order valence-electron chi connectivity index (χ3n) is 3.06. The second kappa shape index (κ2) is 4.11. The van der Waals surface area contributed by atoms with Gasteiger partial charge in [-0.2, -0.15) is 5.10 Å². The molecule has 0 aliphatic heterocycles. The first kappa shape index (κ1) is 10.7. The zero-order chi connectivity index (χ0) is 12.5. The van der Waals surface area contributed by atoms with E-state index in [4.69, 9.17) is 0 Å².